The molecular weight excluding hydrogens is 308 g/mol. The normalized spacial score (nSPS) is 17.1. The third-order valence-electron chi connectivity index (χ3n) is 3.17. The van der Waals surface area contributed by atoms with Crippen molar-refractivity contribution in [3.05, 3.63) is 24.3 Å². The molecule has 1 aromatic carbocycles. The van der Waals surface area contributed by atoms with Crippen molar-refractivity contribution in [1.29, 1.82) is 0 Å². The fourth-order valence-corrected chi connectivity index (χ4v) is 2.57. The molecule has 2 rings (SSSR count). The number of hydrogen-bond acceptors (Lipinski definition) is 5. The molecule has 1 aromatic rings. The van der Waals surface area contributed by atoms with Crippen LogP contribution in [0.25, 0.3) is 0 Å². The van der Waals surface area contributed by atoms with Crippen LogP contribution < -0.4 is 14.2 Å². The predicted octanol–water partition coefficient (Wildman–Crippen LogP) is 0.224. The van der Waals surface area contributed by atoms with E-state index in [9.17, 15) is 13.2 Å². The highest BCUT2D eigenvalue weighted by atomic mass is 32.2. The first-order valence-electron chi connectivity index (χ1n) is 6.92. The number of ether oxygens (including phenoxy) is 2. The van der Waals surface area contributed by atoms with Gasteiger partial charge in [0.1, 0.15) is 6.61 Å². The summed E-state index contributed by atoms with van der Waals surface area (Å²) in [5.41, 5.74) is 0. The topological polar surface area (TPSA) is 84.9 Å². The molecule has 0 saturated carbocycles. The molecule has 0 saturated heterocycles. The number of hydrogen-bond donors (Lipinski definition) is 1. The fraction of sp³-hybridized carbons (Fsp3) is 0.500. The van der Waals surface area contributed by atoms with E-state index in [1.165, 1.54) is 4.90 Å². The molecule has 1 amide bonds. The van der Waals surface area contributed by atoms with E-state index in [2.05, 4.69) is 4.72 Å². The van der Waals surface area contributed by atoms with Crippen LogP contribution in [0, 0.1) is 0 Å². The summed E-state index contributed by atoms with van der Waals surface area (Å²) in [5, 5.41) is 0. The summed E-state index contributed by atoms with van der Waals surface area (Å²) in [7, 11) is -1.61. The highest BCUT2D eigenvalue weighted by Gasteiger charge is 2.23. The Hall–Kier alpha value is -1.80. The number of carbonyl (C=O) groups excluding carboxylic acids is 1. The Labute approximate surface area is 130 Å². The van der Waals surface area contributed by atoms with Crippen LogP contribution in [-0.4, -0.2) is 58.3 Å². The van der Waals surface area contributed by atoms with Crippen LogP contribution in [-0.2, 0) is 14.8 Å². The summed E-state index contributed by atoms with van der Waals surface area (Å²) < 4.78 is 35.5. The highest BCUT2D eigenvalue weighted by molar-refractivity contribution is 7.88. The molecule has 8 heteroatoms. The Bertz CT molecular complexity index is 632. The summed E-state index contributed by atoms with van der Waals surface area (Å²) in [5.74, 6) is 1.21. The lowest BCUT2D eigenvalue weighted by Crippen LogP contribution is -2.42. The zero-order chi connectivity index (χ0) is 16.2. The molecular formula is C14H20N2O5S. The van der Waals surface area contributed by atoms with Crippen molar-refractivity contribution >= 4 is 15.9 Å². The second kappa shape index (κ2) is 6.97. The Morgan fingerprint density at radius 1 is 1.36 bits per heavy atom. The van der Waals surface area contributed by atoms with Gasteiger partial charge in [-0.2, -0.15) is 0 Å². The summed E-state index contributed by atoms with van der Waals surface area (Å²) in [6, 6.07) is 7.37. The van der Waals surface area contributed by atoms with Gasteiger partial charge in [0.15, 0.2) is 17.6 Å². The van der Waals surface area contributed by atoms with Gasteiger partial charge in [0.2, 0.25) is 15.9 Å². The maximum absolute atomic E-state index is 11.9. The van der Waals surface area contributed by atoms with Gasteiger partial charge in [0.25, 0.3) is 0 Å². The molecule has 0 radical (unpaired) electrons. The predicted molar refractivity (Wildman–Crippen MR) is 81.5 cm³/mol. The first-order chi connectivity index (χ1) is 10.3. The average Bonchev–Trinajstić information content (AvgIpc) is 2.45. The second-order valence-electron chi connectivity index (χ2n) is 5.19. The van der Waals surface area contributed by atoms with E-state index in [4.69, 9.17) is 9.47 Å². The van der Waals surface area contributed by atoms with E-state index < -0.39 is 10.0 Å². The lowest BCUT2D eigenvalue weighted by atomic mass is 10.2. The van der Waals surface area contributed by atoms with Crippen LogP contribution in [0.15, 0.2) is 24.3 Å². The SMILES string of the molecule is CN(CC1COc2ccccc2O1)C(=O)CCNS(C)(=O)=O. The molecule has 1 N–H and O–H groups in total. The van der Waals surface area contributed by atoms with Crippen LogP contribution in [0.1, 0.15) is 6.42 Å². The largest absolute Gasteiger partial charge is 0.486 e. The van der Waals surface area contributed by atoms with Crippen molar-refractivity contribution in [2.75, 3.05) is 33.0 Å². The van der Waals surface area contributed by atoms with Crippen molar-refractivity contribution in [1.82, 2.24) is 9.62 Å². The van der Waals surface area contributed by atoms with E-state index in [0.717, 1.165) is 6.26 Å². The van der Waals surface area contributed by atoms with Crippen LogP contribution in [0.4, 0.5) is 0 Å². The molecule has 7 nitrogen and oxygen atoms in total. The van der Waals surface area contributed by atoms with Gasteiger partial charge in [-0.25, -0.2) is 13.1 Å². The molecule has 1 aliphatic rings. The molecule has 0 spiro atoms. The smallest absolute Gasteiger partial charge is 0.223 e. The first-order valence-corrected chi connectivity index (χ1v) is 8.81. The molecule has 22 heavy (non-hydrogen) atoms. The van der Waals surface area contributed by atoms with E-state index >= 15 is 0 Å². The van der Waals surface area contributed by atoms with Crippen LogP contribution in [0.5, 0.6) is 11.5 Å². The van der Waals surface area contributed by atoms with Crippen LogP contribution in [0.2, 0.25) is 0 Å². The standard InChI is InChI=1S/C14H20N2O5S/c1-16(14(17)7-8-15-22(2,18)19)9-11-10-20-12-5-3-4-6-13(12)21-11/h3-6,11,15H,7-10H2,1-2H3. The summed E-state index contributed by atoms with van der Waals surface area (Å²) in [4.78, 5) is 13.5. The van der Waals surface area contributed by atoms with E-state index in [1.54, 1.807) is 7.05 Å². The zero-order valence-corrected chi connectivity index (χ0v) is 13.4. The van der Waals surface area contributed by atoms with Crippen molar-refractivity contribution in [3.63, 3.8) is 0 Å². The quantitative estimate of drug-likeness (QED) is 0.808. The van der Waals surface area contributed by atoms with Crippen molar-refractivity contribution in [3.8, 4) is 11.5 Å². The minimum absolute atomic E-state index is 0.0901. The number of carbonyl (C=O) groups is 1. The Kier molecular flexibility index (Phi) is 5.25. The minimum atomic E-state index is -3.27. The van der Waals surface area contributed by atoms with E-state index in [0.29, 0.717) is 24.7 Å². The number of nitrogens with zero attached hydrogens (tertiary/aromatic N) is 1. The van der Waals surface area contributed by atoms with Gasteiger partial charge in [-0.3, -0.25) is 4.79 Å². The van der Waals surface area contributed by atoms with Crippen LogP contribution in [0.3, 0.4) is 0 Å². The van der Waals surface area contributed by atoms with E-state index in [-0.39, 0.29) is 25.0 Å². The van der Waals surface area contributed by atoms with Crippen molar-refractivity contribution in [2.45, 2.75) is 12.5 Å². The van der Waals surface area contributed by atoms with Gasteiger partial charge >= 0.3 is 0 Å². The number of fused-ring (bicyclic) bond motifs is 1. The third kappa shape index (κ3) is 4.88. The maximum atomic E-state index is 11.9. The molecule has 1 aliphatic heterocycles. The van der Waals surface area contributed by atoms with Gasteiger partial charge in [-0.1, -0.05) is 12.1 Å². The molecule has 0 aliphatic carbocycles. The van der Waals surface area contributed by atoms with Crippen molar-refractivity contribution in [2.24, 2.45) is 0 Å². The van der Waals surface area contributed by atoms with Gasteiger partial charge in [0, 0.05) is 20.0 Å². The van der Waals surface area contributed by atoms with Gasteiger partial charge < -0.3 is 14.4 Å². The van der Waals surface area contributed by atoms with Gasteiger partial charge in [-0.15, -0.1) is 0 Å². The molecule has 0 aromatic heterocycles. The Balaban J connectivity index is 1.80. The van der Waals surface area contributed by atoms with Crippen LogP contribution >= 0.6 is 0 Å². The summed E-state index contributed by atoms with van der Waals surface area (Å²) >= 11 is 0. The maximum Gasteiger partial charge on any atom is 0.223 e. The highest BCUT2D eigenvalue weighted by Crippen LogP contribution is 2.30. The Morgan fingerprint density at radius 3 is 2.73 bits per heavy atom. The summed E-state index contributed by atoms with van der Waals surface area (Å²) in [6.45, 7) is 0.842. The van der Waals surface area contributed by atoms with Gasteiger partial charge in [-0.05, 0) is 12.1 Å². The second-order valence-corrected chi connectivity index (χ2v) is 7.02. The molecule has 0 bridgehead atoms. The minimum Gasteiger partial charge on any atom is -0.486 e. The van der Waals surface area contributed by atoms with Gasteiger partial charge in [0.05, 0.1) is 12.8 Å². The van der Waals surface area contributed by atoms with E-state index in [1.807, 2.05) is 24.3 Å². The monoisotopic (exact) mass is 328 g/mol. The number of likely N-dealkylation sites (N-methyl/N-ethyl adjacent to an activating group) is 1. The number of sulfonamides is 1. The molecule has 122 valence electrons. The summed E-state index contributed by atoms with van der Waals surface area (Å²) in [6.07, 6.45) is 0.922. The molecule has 1 unspecified atom stereocenters. The molecule has 0 fully saturated rings. The fourth-order valence-electron chi connectivity index (χ4n) is 2.09. The zero-order valence-electron chi connectivity index (χ0n) is 12.6. The lowest BCUT2D eigenvalue weighted by Gasteiger charge is -2.29. The lowest BCUT2D eigenvalue weighted by molar-refractivity contribution is -0.131. The van der Waals surface area contributed by atoms with Crippen molar-refractivity contribution < 1.29 is 22.7 Å². The third-order valence-corrected chi connectivity index (χ3v) is 3.90. The number of amides is 1. The molecule has 1 atom stereocenters. The number of para-hydroxylation sites is 2. The average molecular weight is 328 g/mol. The first kappa shape index (κ1) is 16.6. The number of nitrogens with one attached hydrogen (secondary N) is 1. The number of rotatable bonds is 6. The Morgan fingerprint density at radius 2 is 2.05 bits per heavy atom. The molecule has 1 heterocycles. The number of benzene rings is 1.